The molecule has 0 radical (unpaired) electrons. The van der Waals surface area contributed by atoms with Gasteiger partial charge in [-0.15, -0.1) is 0 Å². The molecule has 0 saturated heterocycles. The molecule has 4 nitrogen and oxygen atoms in total. The molecule has 2 rings (SSSR count). The number of carbonyl (C=O) groups is 2. The third-order valence-electron chi connectivity index (χ3n) is 4.02. The van der Waals surface area contributed by atoms with Crippen LogP contribution >= 0.6 is 0 Å². The summed E-state index contributed by atoms with van der Waals surface area (Å²) in [5.41, 5.74) is 3.23. The number of carboxylic acids is 1. The lowest BCUT2D eigenvalue weighted by atomic mass is 9.89. The van der Waals surface area contributed by atoms with Gasteiger partial charge in [0, 0.05) is 5.92 Å². The molecule has 2 N–H and O–H groups in total. The molecule has 0 aromatic heterocycles. The third kappa shape index (κ3) is 4.42. The van der Waals surface area contributed by atoms with Crippen LogP contribution in [0.5, 0.6) is 0 Å². The van der Waals surface area contributed by atoms with Crippen molar-refractivity contribution in [2.45, 2.75) is 25.7 Å². The maximum Gasteiger partial charge on any atom is 0.322 e. The number of nitrogens with one attached hydrogen (secondary N) is 1. The summed E-state index contributed by atoms with van der Waals surface area (Å²) < 4.78 is 0. The Morgan fingerprint density at radius 3 is 2.22 bits per heavy atom. The average molecular weight is 311 g/mol. The van der Waals surface area contributed by atoms with Gasteiger partial charge in [-0.2, -0.15) is 0 Å². The molecular weight excluding hydrogens is 290 g/mol. The lowest BCUT2D eigenvalue weighted by molar-refractivity contribution is -0.138. The lowest BCUT2D eigenvalue weighted by Crippen LogP contribution is -2.32. The van der Waals surface area contributed by atoms with E-state index in [0.717, 1.165) is 11.1 Å². The van der Waals surface area contributed by atoms with E-state index in [-0.39, 0.29) is 18.4 Å². The topological polar surface area (TPSA) is 66.4 Å². The zero-order valence-electron chi connectivity index (χ0n) is 13.3. The maximum absolute atomic E-state index is 12.0. The minimum Gasteiger partial charge on any atom is -0.480 e. The summed E-state index contributed by atoms with van der Waals surface area (Å²) in [5, 5.41) is 11.1. The number of benzene rings is 2. The Hall–Kier alpha value is -2.62. The van der Waals surface area contributed by atoms with Gasteiger partial charge in [0.15, 0.2) is 0 Å². The van der Waals surface area contributed by atoms with Gasteiger partial charge >= 0.3 is 5.97 Å². The second-order valence-corrected chi connectivity index (χ2v) is 5.64. The Morgan fingerprint density at radius 1 is 0.957 bits per heavy atom. The Kier molecular flexibility index (Phi) is 5.52. The second kappa shape index (κ2) is 7.58. The standard InChI is InChI=1S/C19H21NO3/c1-13(15-7-4-3-5-8-15)16-9-6-10-17(11-16)14(2)19(23)20-12-18(21)22/h3-11,13-14H,12H2,1-2H3,(H,20,23)(H,21,22). The molecule has 0 aliphatic rings. The average Bonchev–Trinajstić information content (AvgIpc) is 2.59. The molecule has 2 atom stereocenters. The molecule has 0 aliphatic heterocycles. The number of rotatable bonds is 6. The predicted molar refractivity (Wildman–Crippen MR) is 89.5 cm³/mol. The molecule has 1 amide bonds. The van der Waals surface area contributed by atoms with Crippen molar-refractivity contribution >= 4 is 11.9 Å². The summed E-state index contributed by atoms with van der Waals surface area (Å²) in [6.45, 7) is 3.55. The summed E-state index contributed by atoms with van der Waals surface area (Å²) in [4.78, 5) is 22.6. The number of aliphatic carboxylic acids is 1. The third-order valence-corrected chi connectivity index (χ3v) is 4.02. The van der Waals surface area contributed by atoms with Crippen LogP contribution in [0.1, 0.15) is 42.4 Å². The molecule has 2 aromatic carbocycles. The first-order chi connectivity index (χ1) is 11.0. The predicted octanol–water partition coefficient (Wildman–Crippen LogP) is 3.14. The van der Waals surface area contributed by atoms with Gasteiger partial charge in [0.1, 0.15) is 6.54 Å². The van der Waals surface area contributed by atoms with Gasteiger partial charge in [0.05, 0.1) is 5.92 Å². The maximum atomic E-state index is 12.0. The number of amides is 1. The Morgan fingerprint density at radius 2 is 1.57 bits per heavy atom. The van der Waals surface area contributed by atoms with E-state index in [2.05, 4.69) is 24.4 Å². The van der Waals surface area contributed by atoms with E-state index in [0.29, 0.717) is 0 Å². The first kappa shape index (κ1) is 16.7. The Balaban J connectivity index is 2.16. The van der Waals surface area contributed by atoms with E-state index >= 15 is 0 Å². The van der Waals surface area contributed by atoms with Crippen molar-refractivity contribution in [2.24, 2.45) is 0 Å². The van der Waals surface area contributed by atoms with Crippen molar-refractivity contribution < 1.29 is 14.7 Å². The molecule has 0 saturated carbocycles. The van der Waals surface area contributed by atoms with Gasteiger partial charge in [-0.25, -0.2) is 0 Å². The van der Waals surface area contributed by atoms with E-state index in [1.165, 1.54) is 5.56 Å². The molecule has 4 heteroatoms. The van der Waals surface area contributed by atoms with Gasteiger partial charge in [0.2, 0.25) is 5.91 Å². The quantitative estimate of drug-likeness (QED) is 0.861. The summed E-state index contributed by atoms with van der Waals surface area (Å²) in [7, 11) is 0. The molecule has 0 spiro atoms. The van der Waals surface area contributed by atoms with Crippen LogP contribution in [0.3, 0.4) is 0 Å². The second-order valence-electron chi connectivity index (χ2n) is 5.64. The van der Waals surface area contributed by atoms with Gasteiger partial charge in [-0.1, -0.05) is 61.5 Å². The first-order valence-corrected chi connectivity index (χ1v) is 7.63. The van der Waals surface area contributed by atoms with Crippen molar-refractivity contribution in [3.05, 3.63) is 71.3 Å². The van der Waals surface area contributed by atoms with Crippen LogP contribution in [0.2, 0.25) is 0 Å². The molecule has 2 aromatic rings. The number of carbonyl (C=O) groups excluding carboxylic acids is 1. The molecule has 0 fully saturated rings. The summed E-state index contributed by atoms with van der Waals surface area (Å²) in [5.74, 6) is -1.49. The number of carboxylic acid groups (broad SMARTS) is 1. The highest BCUT2D eigenvalue weighted by Crippen LogP contribution is 2.26. The lowest BCUT2D eigenvalue weighted by Gasteiger charge is -2.16. The van der Waals surface area contributed by atoms with Crippen LogP contribution in [0.15, 0.2) is 54.6 Å². The number of hydrogen-bond acceptors (Lipinski definition) is 2. The van der Waals surface area contributed by atoms with Crippen molar-refractivity contribution in [3.63, 3.8) is 0 Å². The van der Waals surface area contributed by atoms with E-state index in [9.17, 15) is 9.59 Å². The molecule has 0 heterocycles. The Labute approximate surface area is 136 Å². The van der Waals surface area contributed by atoms with E-state index in [1.54, 1.807) is 6.92 Å². The van der Waals surface area contributed by atoms with Gasteiger partial charge < -0.3 is 10.4 Å². The molecular formula is C19H21NO3. The van der Waals surface area contributed by atoms with Crippen LogP contribution in [0.4, 0.5) is 0 Å². The van der Waals surface area contributed by atoms with Crippen LogP contribution in [0.25, 0.3) is 0 Å². The summed E-state index contributed by atoms with van der Waals surface area (Å²) in [6, 6.07) is 18.1. The summed E-state index contributed by atoms with van der Waals surface area (Å²) >= 11 is 0. The van der Waals surface area contributed by atoms with Crippen molar-refractivity contribution in [3.8, 4) is 0 Å². The van der Waals surface area contributed by atoms with Gasteiger partial charge in [-0.05, 0) is 23.6 Å². The van der Waals surface area contributed by atoms with Crippen LogP contribution < -0.4 is 5.32 Å². The normalized spacial score (nSPS) is 13.1. The van der Waals surface area contributed by atoms with Crippen molar-refractivity contribution in [2.75, 3.05) is 6.54 Å². The minimum absolute atomic E-state index is 0.227. The number of hydrogen-bond donors (Lipinski definition) is 2. The van der Waals surface area contributed by atoms with Gasteiger partial charge in [-0.3, -0.25) is 9.59 Å². The fourth-order valence-electron chi connectivity index (χ4n) is 2.50. The molecule has 120 valence electrons. The molecule has 0 bridgehead atoms. The summed E-state index contributed by atoms with van der Waals surface area (Å²) in [6.07, 6.45) is 0. The molecule has 2 unspecified atom stereocenters. The monoisotopic (exact) mass is 311 g/mol. The fourth-order valence-corrected chi connectivity index (χ4v) is 2.50. The molecule has 0 aliphatic carbocycles. The van der Waals surface area contributed by atoms with E-state index in [4.69, 9.17) is 5.11 Å². The van der Waals surface area contributed by atoms with Crippen LogP contribution in [0, 0.1) is 0 Å². The fraction of sp³-hybridized carbons (Fsp3) is 0.263. The SMILES string of the molecule is CC(C(=O)NCC(=O)O)c1cccc(C(C)c2ccccc2)c1. The van der Waals surface area contributed by atoms with E-state index in [1.807, 2.05) is 42.5 Å². The van der Waals surface area contributed by atoms with Crippen molar-refractivity contribution in [1.29, 1.82) is 0 Å². The highest BCUT2D eigenvalue weighted by atomic mass is 16.4. The smallest absolute Gasteiger partial charge is 0.322 e. The zero-order chi connectivity index (χ0) is 16.8. The highest BCUT2D eigenvalue weighted by Gasteiger charge is 2.17. The largest absolute Gasteiger partial charge is 0.480 e. The zero-order valence-corrected chi connectivity index (χ0v) is 13.3. The van der Waals surface area contributed by atoms with Crippen LogP contribution in [-0.2, 0) is 9.59 Å². The molecule has 23 heavy (non-hydrogen) atoms. The van der Waals surface area contributed by atoms with E-state index < -0.39 is 11.9 Å². The van der Waals surface area contributed by atoms with Crippen molar-refractivity contribution in [1.82, 2.24) is 5.32 Å². The van der Waals surface area contributed by atoms with Crippen LogP contribution in [-0.4, -0.2) is 23.5 Å². The minimum atomic E-state index is -1.04. The van der Waals surface area contributed by atoms with Gasteiger partial charge in [0.25, 0.3) is 0 Å². The highest BCUT2D eigenvalue weighted by molar-refractivity contribution is 5.86. The first-order valence-electron chi connectivity index (χ1n) is 7.63. The Bertz CT molecular complexity index is 682.